The zero-order chi connectivity index (χ0) is 39.8. The van der Waals surface area contributed by atoms with E-state index in [2.05, 4.69) is 252 Å². The molecular weight excluding hydrogens is 725 g/mol. The van der Waals surface area contributed by atoms with Gasteiger partial charge in [0.05, 0.1) is 16.7 Å². The van der Waals surface area contributed by atoms with Crippen molar-refractivity contribution < 1.29 is 0 Å². The van der Waals surface area contributed by atoms with Crippen LogP contribution in [-0.2, 0) is 0 Å². The van der Waals surface area contributed by atoms with E-state index in [4.69, 9.17) is 0 Å². The van der Waals surface area contributed by atoms with Crippen molar-refractivity contribution in [3.8, 4) is 50.2 Å². The highest BCUT2D eigenvalue weighted by atomic mass is 15.1. The van der Waals surface area contributed by atoms with Crippen LogP contribution in [0.4, 0.5) is 17.1 Å². The van der Waals surface area contributed by atoms with E-state index in [1.165, 1.54) is 71.5 Å². The van der Waals surface area contributed by atoms with E-state index in [-0.39, 0.29) is 0 Å². The molecule has 0 amide bonds. The maximum Gasteiger partial charge on any atom is 0.0541 e. The first-order valence-electron chi connectivity index (χ1n) is 20.6. The summed E-state index contributed by atoms with van der Waals surface area (Å²) in [6, 6.07) is 87.7. The minimum absolute atomic E-state index is 1.10. The third-order valence-electron chi connectivity index (χ3n) is 11.8. The van der Waals surface area contributed by atoms with Crippen molar-refractivity contribution >= 4 is 49.6 Å². The molecule has 0 aliphatic carbocycles. The summed E-state index contributed by atoms with van der Waals surface area (Å²) in [5.41, 5.74) is 16.5. The zero-order valence-electron chi connectivity index (χ0n) is 33.0. The van der Waals surface area contributed by atoms with Gasteiger partial charge in [0.1, 0.15) is 0 Å². The van der Waals surface area contributed by atoms with Gasteiger partial charge in [-0.05, 0) is 116 Å². The number of hydrogen-bond acceptors (Lipinski definition) is 1. The number of para-hydroxylation sites is 3. The number of hydrogen-bond donors (Lipinski definition) is 0. The summed E-state index contributed by atoms with van der Waals surface area (Å²) in [6.45, 7) is 0. The Balaban J connectivity index is 0.922. The second kappa shape index (κ2) is 15.1. The van der Waals surface area contributed by atoms with E-state index >= 15 is 0 Å². The van der Waals surface area contributed by atoms with Crippen molar-refractivity contribution in [1.29, 1.82) is 0 Å². The molecule has 11 aromatic rings. The Bertz CT molecular complexity index is 3270. The Morgan fingerprint density at radius 2 is 0.733 bits per heavy atom. The van der Waals surface area contributed by atoms with Gasteiger partial charge in [0.15, 0.2) is 0 Å². The van der Waals surface area contributed by atoms with Crippen LogP contribution in [0.15, 0.2) is 243 Å². The molecule has 60 heavy (non-hydrogen) atoms. The van der Waals surface area contributed by atoms with Crippen molar-refractivity contribution in [2.45, 2.75) is 0 Å². The molecule has 0 N–H and O–H groups in total. The molecule has 0 aliphatic rings. The van der Waals surface area contributed by atoms with Gasteiger partial charge in [-0.15, -0.1) is 0 Å². The third-order valence-corrected chi connectivity index (χ3v) is 11.8. The highest BCUT2D eigenvalue weighted by molar-refractivity contribution is 6.11. The molecule has 0 saturated carbocycles. The summed E-state index contributed by atoms with van der Waals surface area (Å²) in [5, 5.41) is 5.02. The molecule has 0 saturated heterocycles. The number of anilines is 3. The van der Waals surface area contributed by atoms with Gasteiger partial charge in [0.2, 0.25) is 0 Å². The van der Waals surface area contributed by atoms with Gasteiger partial charge in [0.25, 0.3) is 0 Å². The normalized spacial score (nSPS) is 11.3. The molecule has 0 atom stereocenters. The molecule has 0 unspecified atom stereocenters. The van der Waals surface area contributed by atoms with Crippen LogP contribution in [0.25, 0.3) is 82.8 Å². The minimum Gasteiger partial charge on any atom is -0.311 e. The van der Waals surface area contributed by atoms with Crippen molar-refractivity contribution in [3.05, 3.63) is 243 Å². The lowest BCUT2D eigenvalue weighted by Gasteiger charge is -2.26. The topological polar surface area (TPSA) is 8.17 Å². The van der Waals surface area contributed by atoms with Crippen LogP contribution in [-0.4, -0.2) is 4.57 Å². The monoisotopic (exact) mass is 764 g/mol. The first kappa shape index (κ1) is 35.2. The fourth-order valence-corrected chi connectivity index (χ4v) is 8.80. The highest BCUT2D eigenvalue weighted by Gasteiger charge is 2.18. The molecule has 0 radical (unpaired) electrons. The van der Waals surface area contributed by atoms with Gasteiger partial charge in [-0.25, -0.2) is 0 Å². The van der Waals surface area contributed by atoms with Crippen LogP contribution in [0.3, 0.4) is 0 Å². The van der Waals surface area contributed by atoms with Crippen molar-refractivity contribution in [3.63, 3.8) is 0 Å². The summed E-state index contributed by atoms with van der Waals surface area (Å²) in [7, 11) is 0. The SMILES string of the molecule is c1ccc(-c2ccc3c(c2)c2ccccc2n3-c2ccccc2-c2ccc(N(c3ccccc3)c3ccc(-c4ccc(-c5ccc6ccccc6c5)cc4)cc3)cc2)cc1. The number of aromatic nitrogens is 1. The maximum atomic E-state index is 2.43. The fraction of sp³-hybridized carbons (Fsp3) is 0. The fourth-order valence-electron chi connectivity index (χ4n) is 8.80. The predicted octanol–water partition coefficient (Wildman–Crippen LogP) is 16.1. The van der Waals surface area contributed by atoms with Gasteiger partial charge < -0.3 is 9.47 Å². The Morgan fingerprint density at radius 1 is 0.267 bits per heavy atom. The molecule has 0 spiro atoms. The molecule has 1 aromatic heterocycles. The van der Waals surface area contributed by atoms with Gasteiger partial charge in [-0.2, -0.15) is 0 Å². The molecule has 0 bridgehead atoms. The summed E-state index contributed by atoms with van der Waals surface area (Å²) in [6.07, 6.45) is 0. The zero-order valence-corrected chi connectivity index (χ0v) is 33.0. The van der Waals surface area contributed by atoms with E-state index in [9.17, 15) is 0 Å². The minimum atomic E-state index is 1.10. The smallest absolute Gasteiger partial charge is 0.0541 e. The average Bonchev–Trinajstić information content (AvgIpc) is 3.66. The lowest BCUT2D eigenvalue weighted by atomic mass is 9.98. The quantitative estimate of drug-likeness (QED) is 0.150. The first-order chi connectivity index (χ1) is 29.7. The van der Waals surface area contributed by atoms with E-state index in [1.807, 2.05) is 0 Å². The van der Waals surface area contributed by atoms with Gasteiger partial charge in [-0.3, -0.25) is 0 Å². The summed E-state index contributed by atoms with van der Waals surface area (Å²) >= 11 is 0. The van der Waals surface area contributed by atoms with Crippen LogP contribution in [0.5, 0.6) is 0 Å². The number of nitrogens with zero attached hydrogens (tertiary/aromatic N) is 2. The third kappa shape index (κ3) is 6.41. The Labute approximate surface area is 350 Å². The van der Waals surface area contributed by atoms with Crippen LogP contribution >= 0.6 is 0 Å². The summed E-state index contributed by atoms with van der Waals surface area (Å²) in [5.74, 6) is 0. The molecule has 10 aromatic carbocycles. The van der Waals surface area contributed by atoms with Gasteiger partial charge >= 0.3 is 0 Å². The van der Waals surface area contributed by atoms with Crippen molar-refractivity contribution in [1.82, 2.24) is 4.57 Å². The molecule has 2 nitrogen and oxygen atoms in total. The second-order valence-electron chi connectivity index (χ2n) is 15.4. The number of benzene rings is 10. The molecule has 11 rings (SSSR count). The maximum absolute atomic E-state index is 2.43. The standard InChI is InChI=1S/C58H40N2/c1-3-13-41(14-4-1)49-33-38-58-55(40-49)54-20-10-12-22-57(54)60(58)56-21-11-9-19-53(56)46-31-36-52(37-32-46)59(50-17-5-2-6-18-50)51-34-29-44(30-35-51)43-23-25-45(26-24-43)48-28-27-42-15-7-8-16-47(42)39-48/h1-40H. The van der Waals surface area contributed by atoms with Crippen molar-refractivity contribution in [2.75, 3.05) is 4.90 Å². The molecule has 2 heteroatoms. The number of fused-ring (bicyclic) bond motifs is 4. The lowest BCUT2D eigenvalue weighted by Crippen LogP contribution is -2.09. The van der Waals surface area contributed by atoms with Crippen LogP contribution in [0, 0.1) is 0 Å². The molecular formula is C58H40N2. The number of rotatable bonds is 8. The van der Waals surface area contributed by atoms with Crippen LogP contribution in [0.2, 0.25) is 0 Å². The highest BCUT2D eigenvalue weighted by Crippen LogP contribution is 2.40. The largest absolute Gasteiger partial charge is 0.311 e. The van der Waals surface area contributed by atoms with Gasteiger partial charge in [0, 0.05) is 33.4 Å². The van der Waals surface area contributed by atoms with E-state index in [0.717, 1.165) is 28.3 Å². The van der Waals surface area contributed by atoms with E-state index in [0.29, 0.717) is 0 Å². The molecule has 1 heterocycles. The summed E-state index contributed by atoms with van der Waals surface area (Å²) in [4.78, 5) is 2.33. The van der Waals surface area contributed by atoms with E-state index < -0.39 is 0 Å². The average molecular weight is 765 g/mol. The second-order valence-corrected chi connectivity index (χ2v) is 15.4. The Hall–Kier alpha value is -7.94. The predicted molar refractivity (Wildman–Crippen MR) is 255 cm³/mol. The van der Waals surface area contributed by atoms with Crippen molar-refractivity contribution in [2.24, 2.45) is 0 Å². The summed E-state index contributed by atoms with van der Waals surface area (Å²) < 4.78 is 2.43. The molecule has 0 aliphatic heterocycles. The Morgan fingerprint density at radius 3 is 1.47 bits per heavy atom. The van der Waals surface area contributed by atoms with Crippen LogP contribution < -0.4 is 4.90 Å². The first-order valence-corrected chi connectivity index (χ1v) is 20.6. The molecule has 282 valence electrons. The molecule has 0 fully saturated rings. The lowest BCUT2D eigenvalue weighted by molar-refractivity contribution is 1.18. The van der Waals surface area contributed by atoms with Crippen LogP contribution in [0.1, 0.15) is 0 Å². The Kier molecular flexibility index (Phi) is 8.87. The van der Waals surface area contributed by atoms with Gasteiger partial charge in [-0.1, -0.05) is 176 Å². The van der Waals surface area contributed by atoms with E-state index in [1.54, 1.807) is 0 Å².